The number of hydrogen-bond acceptors (Lipinski definition) is 3. The molecule has 104 valence electrons. The highest BCUT2D eigenvalue weighted by Gasteiger charge is 2.08. The Balaban J connectivity index is 2.34. The molecule has 1 rings (SSSR count). The summed E-state index contributed by atoms with van der Waals surface area (Å²) >= 11 is 0. The monoisotopic (exact) mass is 266 g/mol. The Bertz CT molecular complexity index is 508. The standard InChI is InChI=1S/C13H18N2O4/c1-15-10(6-5-7-11(15)16)13(19)14-9-4-2-3-8-12(17)18/h5-7H,2-4,8-9H2,1H3,(H,14,19)(H,17,18). The van der Waals surface area contributed by atoms with E-state index in [2.05, 4.69) is 5.32 Å². The number of carbonyl (C=O) groups is 2. The van der Waals surface area contributed by atoms with Gasteiger partial charge in [-0.2, -0.15) is 0 Å². The van der Waals surface area contributed by atoms with E-state index < -0.39 is 5.97 Å². The number of amides is 1. The fourth-order valence-electron chi connectivity index (χ4n) is 1.66. The van der Waals surface area contributed by atoms with Gasteiger partial charge < -0.3 is 15.0 Å². The lowest BCUT2D eigenvalue weighted by Crippen LogP contribution is -2.31. The first-order valence-electron chi connectivity index (χ1n) is 6.18. The first-order chi connectivity index (χ1) is 9.02. The van der Waals surface area contributed by atoms with E-state index in [1.165, 1.54) is 10.6 Å². The summed E-state index contributed by atoms with van der Waals surface area (Å²) in [4.78, 5) is 33.4. The van der Waals surface area contributed by atoms with E-state index in [9.17, 15) is 14.4 Å². The minimum Gasteiger partial charge on any atom is -0.481 e. The van der Waals surface area contributed by atoms with E-state index in [0.29, 0.717) is 18.7 Å². The second kappa shape index (κ2) is 7.35. The number of unbranched alkanes of at least 4 members (excludes halogenated alkanes) is 2. The van der Waals surface area contributed by atoms with Gasteiger partial charge in [0.1, 0.15) is 5.69 Å². The third-order valence-electron chi connectivity index (χ3n) is 2.77. The van der Waals surface area contributed by atoms with E-state index in [-0.39, 0.29) is 17.9 Å². The minimum atomic E-state index is -0.802. The molecule has 0 aromatic carbocycles. The Morgan fingerprint density at radius 2 is 2.00 bits per heavy atom. The molecule has 0 bridgehead atoms. The van der Waals surface area contributed by atoms with E-state index in [1.54, 1.807) is 19.2 Å². The SMILES string of the molecule is Cn1c(C(=O)NCCCCCC(=O)O)cccc1=O. The summed E-state index contributed by atoms with van der Waals surface area (Å²) in [6, 6.07) is 4.52. The summed E-state index contributed by atoms with van der Waals surface area (Å²) in [6.45, 7) is 0.474. The van der Waals surface area contributed by atoms with E-state index in [0.717, 1.165) is 12.8 Å². The minimum absolute atomic E-state index is 0.154. The summed E-state index contributed by atoms with van der Waals surface area (Å²) < 4.78 is 1.29. The fourth-order valence-corrected chi connectivity index (χ4v) is 1.66. The Kier molecular flexibility index (Phi) is 5.78. The molecular formula is C13H18N2O4. The molecule has 0 fully saturated rings. The van der Waals surface area contributed by atoms with Crippen molar-refractivity contribution >= 4 is 11.9 Å². The number of nitrogens with zero attached hydrogens (tertiary/aromatic N) is 1. The molecule has 19 heavy (non-hydrogen) atoms. The zero-order valence-electron chi connectivity index (χ0n) is 10.9. The predicted octanol–water partition coefficient (Wildman–Crippen LogP) is 0.760. The van der Waals surface area contributed by atoms with Crippen molar-refractivity contribution < 1.29 is 14.7 Å². The second-order valence-electron chi connectivity index (χ2n) is 4.27. The van der Waals surface area contributed by atoms with Gasteiger partial charge in [0.05, 0.1) is 0 Å². The van der Waals surface area contributed by atoms with Crippen LogP contribution in [0, 0.1) is 0 Å². The zero-order valence-corrected chi connectivity index (χ0v) is 10.9. The molecule has 1 heterocycles. The third kappa shape index (κ3) is 4.95. The topological polar surface area (TPSA) is 88.4 Å². The number of carboxylic acid groups (broad SMARTS) is 1. The highest BCUT2D eigenvalue weighted by molar-refractivity contribution is 5.92. The molecule has 1 aromatic rings. The largest absolute Gasteiger partial charge is 0.481 e. The average Bonchev–Trinajstić information content (AvgIpc) is 2.36. The van der Waals surface area contributed by atoms with E-state index in [1.807, 2.05) is 0 Å². The molecule has 0 radical (unpaired) electrons. The summed E-state index contributed by atoms with van der Waals surface area (Å²) in [5.74, 6) is -1.10. The van der Waals surface area contributed by atoms with Crippen molar-refractivity contribution in [2.45, 2.75) is 25.7 Å². The normalized spacial score (nSPS) is 10.2. The van der Waals surface area contributed by atoms with Crippen molar-refractivity contribution in [3.8, 4) is 0 Å². The maximum atomic E-state index is 11.8. The van der Waals surface area contributed by atoms with Gasteiger partial charge in [-0.05, 0) is 18.9 Å². The maximum absolute atomic E-state index is 11.8. The van der Waals surface area contributed by atoms with Gasteiger partial charge in [-0.3, -0.25) is 14.4 Å². The van der Waals surface area contributed by atoms with Crippen LogP contribution in [0.5, 0.6) is 0 Å². The van der Waals surface area contributed by atoms with Crippen LogP contribution in [0.25, 0.3) is 0 Å². The van der Waals surface area contributed by atoms with Crippen LogP contribution in [0.2, 0.25) is 0 Å². The molecule has 0 saturated carbocycles. The first-order valence-corrected chi connectivity index (χ1v) is 6.18. The molecule has 0 atom stereocenters. The zero-order chi connectivity index (χ0) is 14.3. The number of nitrogens with one attached hydrogen (secondary N) is 1. The predicted molar refractivity (Wildman–Crippen MR) is 70.1 cm³/mol. The van der Waals surface area contributed by atoms with Crippen LogP contribution in [0.15, 0.2) is 23.0 Å². The molecule has 1 amide bonds. The Morgan fingerprint density at radius 3 is 2.68 bits per heavy atom. The van der Waals surface area contributed by atoms with Gasteiger partial charge in [0.25, 0.3) is 11.5 Å². The Hall–Kier alpha value is -2.11. The number of aromatic nitrogens is 1. The lowest BCUT2D eigenvalue weighted by atomic mass is 10.2. The lowest BCUT2D eigenvalue weighted by Gasteiger charge is -2.08. The number of carboxylic acids is 1. The van der Waals surface area contributed by atoms with Crippen LogP contribution < -0.4 is 10.9 Å². The van der Waals surface area contributed by atoms with Crippen molar-refractivity contribution in [1.82, 2.24) is 9.88 Å². The number of hydrogen-bond donors (Lipinski definition) is 2. The molecule has 0 aliphatic rings. The van der Waals surface area contributed by atoms with Crippen molar-refractivity contribution in [2.24, 2.45) is 7.05 Å². The first kappa shape index (κ1) is 14.9. The van der Waals surface area contributed by atoms with Crippen LogP contribution in [-0.2, 0) is 11.8 Å². The third-order valence-corrected chi connectivity index (χ3v) is 2.77. The molecule has 2 N–H and O–H groups in total. The van der Waals surface area contributed by atoms with Gasteiger partial charge in [-0.15, -0.1) is 0 Å². The van der Waals surface area contributed by atoms with E-state index >= 15 is 0 Å². The van der Waals surface area contributed by atoms with Gasteiger partial charge in [-0.25, -0.2) is 0 Å². The molecular weight excluding hydrogens is 248 g/mol. The molecule has 0 saturated heterocycles. The van der Waals surface area contributed by atoms with Crippen molar-refractivity contribution in [2.75, 3.05) is 6.54 Å². The molecule has 6 heteroatoms. The Morgan fingerprint density at radius 1 is 1.26 bits per heavy atom. The summed E-state index contributed by atoms with van der Waals surface area (Å²) in [7, 11) is 1.55. The fraction of sp³-hybridized carbons (Fsp3) is 0.462. The van der Waals surface area contributed by atoms with Crippen molar-refractivity contribution in [1.29, 1.82) is 0 Å². The van der Waals surface area contributed by atoms with Gasteiger partial charge in [0, 0.05) is 26.1 Å². The average molecular weight is 266 g/mol. The van der Waals surface area contributed by atoms with Crippen LogP contribution in [0.3, 0.4) is 0 Å². The Labute approximate surface area is 111 Å². The van der Waals surface area contributed by atoms with Gasteiger partial charge in [-0.1, -0.05) is 12.5 Å². The lowest BCUT2D eigenvalue weighted by molar-refractivity contribution is -0.137. The maximum Gasteiger partial charge on any atom is 0.303 e. The van der Waals surface area contributed by atoms with Crippen molar-refractivity contribution in [3.05, 3.63) is 34.2 Å². The molecule has 0 unspecified atom stereocenters. The molecule has 1 aromatic heterocycles. The highest BCUT2D eigenvalue weighted by Crippen LogP contribution is 1.99. The number of aliphatic carboxylic acids is 1. The number of carbonyl (C=O) groups excluding carboxylic acids is 1. The summed E-state index contributed by atoms with van der Waals surface area (Å²) in [6.07, 6.45) is 2.23. The highest BCUT2D eigenvalue weighted by atomic mass is 16.4. The van der Waals surface area contributed by atoms with Gasteiger partial charge in [0.15, 0.2) is 0 Å². The molecule has 0 aliphatic heterocycles. The van der Waals surface area contributed by atoms with Crippen molar-refractivity contribution in [3.63, 3.8) is 0 Å². The van der Waals surface area contributed by atoms with Gasteiger partial charge >= 0.3 is 5.97 Å². The summed E-state index contributed by atoms with van der Waals surface area (Å²) in [5.41, 5.74) is 0.0899. The second-order valence-corrected chi connectivity index (χ2v) is 4.27. The van der Waals surface area contributed by atoms with Crippen LogP contribution in [0.4, 0.5) is 0 Å². The molecule has 6 nitrogen and oxygen atoms in total. The number of rotatable bonds is 7. The van der Waals surface area contributed by atoms with Crippen LogP contribution in [-0.4, -0.2) is 28.1 Å². The van der Waals surface area contributed by atoms with Crippen LogP contribution >= 0.6 is 0 Å². The van der Waals surface area contributed by atoms with Crippen LogP contribution in [0.1, 0.15) is 36.2 Å². The quantitative estimate of drug-likeness (QED) is 0.713. The molecule has 0 spiro atoms. The number of pyridine rings is 1. The van der Waals surface area contributed by atoms with E-state index in [4.69, 9.17) is 5.11 Å². The van der Waals surface area contributed by atoms with Gasteiger partial charge in [0.2, 0.25) is 0 Å². The molecule has 0 aliphatic carbocycles. The smallest absolute Gasteiger partial charge is 0.303 e. The summed E-state index contributed by atoms with van der Waals surface area (Å²) in [5, 5.41) is 11.2.